The molecule has 0 radical (unpaired) electrons. The van der Waals surface area contributed by atoms with E-state index in [2.05, 4.69) is 75.3 Å². The maximum atomic E-state index is 6.34. The van der Waals surface area contributed by atoms with Gasteiger partial charge in [0, 0.05) is 12.0 Å². The zero-order valence-corrected chi connectivity index (χ0v) is 14.5. The molecule has 0 spiro atoms. The van der Waals surface area contributed by atoms with Gasteiger partial charge in [0.15, 0.2) is 0 Å². The Hall–Kier alpha value is -1.38. The van der Waals surface area contributed by atoms with Gasteiger partial charge in [0.1, 0.15) is 0 Å². The number of fused-ring (bicyclic) bond motifs is 1. The zero-order chi connectivity index (χ0) is 16.2. The van der Waals surface area contributed by atoms with Crippen molar-refractivity contribution in [2.24, 2.45) is 11.7 Å². The van der Waals surface area contributed by atoms with Gasteiger partial charge in [0.25, 0.3) is 0 Å². The number of nitrogens with two attached hydrogens (primary N) is 1. The van der Waals surface area contributed by atoms with E-state index in [0.29, 0.717) is 12.5 Å². The highest BCUT2D eigenvalue weighted by Crippen LogP contribution is 2.39. The SMILES string of the molecule is CC(C)[C@](CN)(CCCN(C)C)c1cccc2ccccc12. The Balaban J connectivity index is 2.47. The molecule has 0 aromatic heterocycles. The second-order valence-corrected chi connectivity index (χ2v) is 6.95. The van der Waals surface area contributed by atoms with Crippen molar-refractivity contribution in [2.75, 3.05) is 27.2 Å². The second-order valence-electron chi connectivity index (χ2n) is 6.95. The lowest BCUT2D eigenvalue weighted by Crippen LogP contribution is -2.41. The summed E-state index contributed by atoms with van der Waals surface area (Å²) in [6.45, 7) is 6.43. The van der Waals surface area contributed by atoms with Gasteiger partial charge in [-0.25, -0.2) is 0 Å². The molecular weight excluding hydrogens is 268 g/mol. The van der Waals surface area contributed by atoms with Crippen molar-refractivity contribution in [1.82, 2.24) is 4.90 Å². The van der Waals surface area contributed by atoms with E-state index in [4.69, 9.17) is 5.73 Å². The quantitative estimate of drug-likeness (QED) is 0.836. The first-order valence-electron chi connectivity index (χ1n) is 8.34. The highest BCUT2D eigenvalue weighted by Gasteiger charge is 2.35. The standard InChI is InChI=1S/C20H30N2/c1-16(2)20(15-21,13-8-14-22(3)4)19-12-7-10-17-9-5-6-11-18(17)19/h5-7,9-12,16H,8,13-15,21H2,1-4H3/t20-/m1/s1. The topological polar surface area (TPSA) is 29.3 Å². The minimum Gasteiger partial charge on any atom is -0.330 e. The molecule has 0 bridgehead atoms. The largest absolute Gasteiger partial charge is 0.330 e. The third-order valence-corrected chi connectivity index (χ3v) is 5.02. The fourth-order valence-electron chi connectivity index (χ4n) is 3.55. The van der Waals surface area contributed by atoms with E-state index in [0.717, 1.165) is 13.0 Å². The van der Waals surface area contributed by atoms with Gasteiger partial charge in [-0.2, -0.15) is 0 Å². The van der Waals surface area contributed by atoms with Crippen LogP contribution in [0.15, 0.2) is 42.5 Å². The lowest BCUT2D eigenvalue weighted by atomic mass is 9.67. The number of hydrogen-bond acceptors (Lipinski definition) is 2. The molecule has 0 heterocycles. The van der Waals surface area contributed by atoms with Crippen molar-refractivity contribution in [3.8, 4) is 0 Å². The molecule has 2 heteroatoms. The number of nitrogens with zero attached hydrogens (tertiary/aromatic N) is 1. The Morgan fingerprint density at radius 2 is 1.73 bits per heavy atom. The molecule has 22 heavy (non-hydrogen) atoms. The summed E-state index contributed by atoms with van der Waals surface area (Å²) >= 11 is 0. The first kappa shape index (κ1) is 17.0. The predicted octanol–water partition coefficient (Wildman–Crippen LogP) is 4.03. The van der Waals surface area contributed by atoms with Crippen molar-refractivity contribution in [3.05, 3.63) is 48.0 Å². The molecule has 0 aliphatic rings. The van der Waals surface area contributed by atoms with E-state index in [1.165, 1.54) is 22.8 Å². The summed E-state index contributed by atoms with van der Waals surface area (Å²) < 4.78 is 0. The third-order valence-electron chi connectivity index (χ3n) is 5.02. The second kappa shape index (κ2) is 7.26. The molecule has 2 aromatic carbocycles. The molecule has 120 valence electrons. The van der Waals surface area contributed by atoms with Crippen LogP contribution in [-0.4, -0.2) is 32.1 Å². The van der Waals surface area contributed by atoms with E-state index >= 15 is 0 Å². The molecule has 0 saturated heterocycles. The van der Waals surface area contributed by atoms with Crippen LogP contribution in [0.25, 0.3) is 10.8 Å². The highest BCUT2D eigenvalue weighted by molar-refractivity contribution is 5.86. The monoisotopic (exact) mass is 298 g/mol. The molecule has 2 nitrogen and oxygen atoms in total. The first-order valence-corrected chi connectivity index (χ1v) is 8.34. The van der Waals surface area contributed by atoms with Gasteiger partial charge < -0.3 is 10.6 Å². The Morgan fingerprint density at radius 1 is 1.05 bits per heavy atom. The fraction of sp³-hybridized carbons (Fsp3) is 0.500. The fourth-order valence-corrected chi connectivity index (χ4v) is 3.55. The molecule has 2 rings (SSSR count). The number of benzene rings is 2. The molecule has 0 saturated carbocycles. The molecule has 0 fully saturated rings. The molecule has 0 amide bonds. The molecule has 0 aliphatic heterocycles. The Kier molecular flexibility index (Phi) is 5.60. The summed E-state index contributed by atoms with van der Waals surface area (Å²) in [7, 11) is 4.27. The first-order chi connectivity index (χ1) is 10.5. The van der Waals surface area contributed by atoms with Crippen LogP contribution >= 0.6 is 0 Å². The summed E-state index contributed by atoms with van der Waals surface area (Å²) in [6, 6.07) is 15.3. The van der Waals surface area contributed by atoms with Gasteiger partial charge in [0.05, 0.1) is 0 Å². The normalized spacial score (nSPS) is 14.7. The Labute approximate surface area is 135 Å². The van der Waals surface area contributed by atoms with Crippen LogP contribution in [0.3, 0.4) is 0 Å². The maximum Gasteiger partial charge on any atom is 0.0105 e. The average Bonchev–Trinajstić information content (AvgIpc) is 2.51. The van der Waals surface area contributed by atoms with Crippen LogP contribution in [-0.2, 0) is 5.41 Å². The predicted molar refractivity (Wildman–Crippen MR) is 97.3 cm³/mol. The summed E-state index contributed by atoms with van der Waals surface area (Å²) in [5.41, 5.74) is 7.81. The smallest absolute Gasteiger partial charge is 0.0105 e. The van der Waals surface area contributed by atoms with Gasteiger partial charge >= 0.3 is 0 Å². The van der Waals surface area contributed by atoms with Crippen LogP contribution in [0.4, 0.5) is 0 Å². The van der Waals surface area contributed by atoms with E-state index in [9.17, 15) is 0 Å². The van der Waals surface area contributed by atoms with Crippen molar-refractivity contribution in [3.63, 3.8) is 0 Å². The summed E-state index contributed by atoms with van der Waals surface area (Å²) in [4.78, 5) is 2.25. The van der Waals surface area contributed by atoms with Crippen molar-refractivity contribution >= 4 is 10.8 Å². The van der Waals surface area contributed by atoms with Crippen LogP contribution in [0.2, 0.25) is 0 Å². The average molecular weight is 298 g/mol. The Bertz CT molecular complexity index is 598. The van der Waals surface area contributed by atoms with Crippen molar-refractivity contribution in [1.29, 1.82) is 0 Å². The summed E-state index contributed by atoms with van der Waals surface area (Å²) in [5.74, 6) is 0.519. The van der Waals surface area contributed by atoms with Crippen LogP contribution in [0.5, 0.6) is 0 Å². The lowest BCUT2D eigenvalue weighted by Gasteiger charge is -2.38. The summed E-state index contributed by atoms with van der Waals surface area (Å²) in [6.07, 6.45) is 2.30. The number of hydrogen-bond donors (Lipinski definition) is 1. The Morgan fingerprint density at radius 3 is 2.36 bits per heavy atom. The van der Waals surface area contributed by atoms with E-state index in [1.54, 1.807) is 0 Å². The van der Waals surface area contributed by atoms with E-state index in [1.807, 2.05) is 0 Å². The van der Waals surface area contributed by atoms with E-state index in [-0.39, 0.29) is 5.41 Å². The molecule has 2 aromatic rings. The van der Waals surface area contributed by atoms with Crippen molar-refractivity contribution in [2.45, 2.75) is 32.1 Å². The minimum absolute atomic E-state index is 0.0525. The minimum atomic E-state index is 0.0525. The molecule has 0 unspecified atom stereocenters. The molecular formula is C20H30N2. The molecule has 0 aliphatic carbocycles. The van der Waals surface area contributed by atoms with Gasteiger partial charge in [-0.3, -0.25) is 0 Å². The van der Waals surface area contributed by atoms with Crippen molar-refractivity contribution < 1.29 is 0 Å². The van der Waals surface area contributed by atoms with Gasteiger partial charge in [0.2, 0.25) is 0 Å². The van der Waals surface area contributed by atoms with Crippen LogP contribution in [0, 0.1) is 5.92 Å². The third kappa shape index (κ3) is 3.34. The van der Waals surface area contributed by atoms with Gasteiger partial charge in [-0.15, -0.1) is 0 Å². The lowest BCUT2D eigenvalue weighted by molar-refractivity contribution is 0.270. The van der Waals surface area contributed by atoms with Gasteiger partial charge in [-0.05, 0) is 55.7 Å². The molecule has 2 N–H and O–H groups in total. The van der Waals surface area contributed by atoms with E-state index < -0.39 is 0 Å². The maximum absolute atomic E-state index is 6.34. The highest BCUT2D eigenvalue weighted by atomic mass is 15.0. The number of rotatable bonds is 7. The van der Waals surface area contributed by atoms with Crippen LogP contribution in [0.1, 0.15) is 32.3 Å². The van der Waals surface area contributed by atoms with Gasteiger partial charge in [-0.1, -0.05) is 56.3 Å². The molecule has 1 atom stereocenters. The van der Waals surface area contributed by atoms with Crippen LogP contribution < -0.4 is 5.73 Å². The summed E-state index contributed by atoms with van der Waals surface area (Å²) in [5, 5.41) is 2.67. The zero-order valence-electron chi connectivity index (χ0n) is 14.5.